The maximum Gasteiger partial charge on any atom is 0.112 e. The number of aromatic nitrogens is 2. The van der Waals surface area contributed by atoms with Crippen molar-refractivity contribution in [1.29, 1.82) is 0 Å². The number of imidazole rings is 1. The Kier molecular flexibility index (Phi) is 3.83. The number of anilines is 1. The maximum absolute atomic E-state index is 5.87. The summed E-state index contributed by atoms with van der Waals surface area (Å²) in [6.07, 6.45) is 1.17. The van der Waals surface area contributed by atoms with E-state index < -0.39 is 0 Å². The lowest BCUT2D eigenvalue weighted by molar-refractivity contribution is 0.365. The normalized spacial score (nSPS) is 15.1. The first-order chi connectivity index (χ1) is 8.95. The predicted octanol–water partition coefficient (Wildman–Crippen LogP) is 4.35. The van der Waals surface area contributed by atoms with Crippen LogP contribution in [0.25, 0.3) is 11.0 Å². The van der Waals surface area contributed by atoms with Crippen molar-refractivity contribution in [3.05, 3.63) is 24.0 Å². The number of hydrogen-bond donors (Lipinski definition) is 1. The fourth-order valence-corrected chi connectivity index (χ4v) is 2.57. The Labute approximate surface area is 115 Å². The molecule has 0 amide bonds. The van der Waals surface area contributed by atoms with Crippen LogP contribution in [-0.2, 0) is 0 Å². The molecule has 19 heavy (non-hydrogen) atoms. The summed E-state index contributed by atoms with van der Waals surface area (Å²) in [6, 6.07) is 6.49. The van der Waals surface area contributed by atoms with E-state index in [1.165, 1.54) is 11.9 Å². The molecule has 0 aliphatic heterocycles. The molecule has 2 atom stereocenters. The molecule has 0 spiro atoms. The second-order valence-electron chi connectivity index (χ2n) is 5.87. The first-order valence-corrected chi connectivity index (χ1v) is 7.23. The molecular formula is C16H25N3. The van der Waals surface area contributed by atoms with Crippen LogP contribution in [0.2, 0.25) is 0 Å². The summed E-state index contributed by atoms with van der Waals surface area (Å²) in [6.45, 7) is 11.2. The summed E-state index contributed by atoms with van der Waals surface area (Å²) in [4.78, 5) is 4.79. The quantitative estimate of drug-likeness (QED) is 0.830. The minimum atomic E-state index is 0.417. The molecule has 3 heteroatoms. The summed E-state index contributed by atoms with van der Waals surface area (Å²) in [5, 5.41) is 0. The topological polar surface area (TPSA) is 43.8 Å². The molecule has 1 heterocycles. The predicted molar refractivity (Wildman–Crippen MR) is 82.4 cm³/mol. The molecule has 2 rings (SSSR count). The molecule has 1 aromatic carbocycles. The van der Waals surface area contributed by atoms with Gasteiger partial charge in [-0.05, 0) is 31.0 Å². The van der Waals surface area contributed by atoms with Crippen LogP contribution >= 0.6 is 0 Å². The number of nitrogens with zero attached hydrogens (tertiary/aromatic N) is 2. The van der Waals surface area contributed by atoms with Crippen LogP contribution in [0.1, 0.15) is 58.8 Å². The van der Waals surface area contributed by atoms with Gasteiger partial charge in [0.05, 0.1) is 11.0 Å². The fourth-order valence-electron chi connectivity index (χ4n) is 2.57. The Morgan fingerprint density at radius 2 is 1.89 bits per heavy atom. The van der Waals surface area contributed by atoms with Crippen LogP contribution < -0.4 is 5.73 Å². The zero-order valence-electron chi connectivity index (χ0n) is 12.6. The molecule has 104 valence electrons. The Morgan fingerprint density at radius 3 is 2.47 bits per heavy atom. The third kappa shape index (κ3) is 2.46. The van der Waals surface area contributed by atoms with Gasteiger partial charge in [0.1, 0.15) is 5.82 Å². The number of nitrogen functional groups attached to an aromatic ring is 1. The van der Waals surface area contributed by atoms with Gasteiger partial charge in [-0.15, -0.1) is 0 Å². The van der Waals surface area contributed by atoms with Gasteiger partial charge in [0.2, 0.25) is 0 Å². The van der Waals surface area contributed by atoms with Crippen molar-refractivity contribution in [3.63, 3.8) is 0 Å². The molecule has 0 bridgehead atoms. The van der Waals surface area contributed by atoms with E-state index >= 15 is 0 Å². The van der Waals surface area contributed by atoms with E-state index in [1.54, 1.807) is 0 Å². The SMILES string of the molecule is CCC(C)C(C)n1c(C(C)C)nc2cc(N)ccc21. The average molecular weight is 259 g/mol. The lowest BCUT2D eigenvalue weighted by Gasteiger charge is -2.24. The van der Waals surface area contributed by atoms with E-state index in [1.807, 2.05) is 12.1 Å². The van der Waals surface area contributed by atoms with Gasteiger partial charge in [-0.25, -0.2) is 4.98 Å². The molecule has 0 saturated heterocycles. The number of benzene rings is 1. The van der Waals surface area contributed by atoms with E-state index in [2.05, 4.69) is 45.3 Å². The third-order valence-corrected chi connectivity index (χ3v) is 4.13. The Balaban J connectivity index is 2.65. The molecule has 1 aromatic heterocycles. The van der Waals surface area contributed by atoms with Gasteiger partial charge in [-0.1, -0.05) is 34.1 Å². The van der Waals surface area contributed by atoms with Crippen molar-refractivity contribution in [1.82, 2.24) is 9.55 Å². The molecule has 0 aliphatic carbocycles. The highest BCUT2D eigenvalue weighted by Crippen LogP contribution is 2.31. The minimum absolute atomic E-state index is 0.417. The van der Waals surface area contributed by atoms with Crippen molar-refractivity contribution >= 4 is 16.7 Å². The van der Waals surface area contributed by atoms with E-state index in [0.717, 1.165) is 17.0 Å². The summed E-state index contributed by atoms with van der Waals surface area (Å²) >= 11 is 0. The molecule has 0 saturated carbocycles. The monoisotopic (exact) mass is 259 g/mol. The molecule has 2 unspecified atom stereocenters. The van der Waals surface area contributed by atoms with Crippen molar-refractivity contribution in [2.45, 2.75) is 53.0 Å². The van der Waals surface area contributed by atoms with Crippen LogP contribution in [0.4, 0.5) is 5.69 Å². The smallest absolute Gasteiger partial charge is 0.112 e. The first kappa shape index (κ1) is 13.9. The molecule has 3 nitrogen and oxygen atoms in total. The number of nitrogens with two attached hydrogens (primary N) is 1. The van der Waals surface area contributed by atoms with Gasteiger partial charge in [0.15, 0.2) is 0 Å². The maximum atomic E-state index is 5.87. The highest BCUT2D eigenvalue weighted by Gasteiger charge is 2.21. The van der Waals surface area contributed by atoms with E-state index in [-0.39, 0.29) is 0 Å². The average Bonchev–Trinajstić information content (AvgIpc) is 2.75. The summed E-state index contributed by atoms with van der Waals surface area (Å²) in [7, 11) is 0. The molecule has 0 radical (unpaired) electrons. The highest BCUT2D eigenvalue weighted by molar-refractivity contribution is 5.80. The molecule has 2 aromatic rings. The number of hydrogen-bond acceptors (Lipinski definition) is 2. The van der Waals surface area contributed by atoms with Crippen LogP contribution in [-0.4, -0.2) is 9.55 Å². The van der Waals surface area contributed by atoms with Crippen LogP contribution in [0.3, 0.4) is 0 Å². The van der Waals surface area contributed by atoms with Crippen LogP contribution in [0, 0.1) is 5.92 Å². The fraction of sp³-hybridized carbons (Fsp3) is 0.562. The van der Waals surface area contributed by atoms with Gasteiger partial charge in [-0.2, -0.15) is 0 Å². The largest absolute Gasteiger partial charge is 0.399 e. The van der Waals surface area contributed by atoms with E-state index in [9.17, 15) is 0 Å². The van der Waals surface area contributed by atoms with Gasteiger partial charge < -0.3 is 10.3 Å². The van der Waals surface area contributed by atoms with Crippen molar-refractivity contribution in [3.8, 4) is 0 Å². The van der Waals surface area contributed by atoms with Crippen molar-refractivity contribution in [2.75, 3.05) is 5.73 Å². The van der Waals surface area contributed by atoms with Gasteiger partial charge >= 0.3 is 0 Å². The lowest BCUT2D eigenvalue weighted by Crippen LogP contribution is -2.16. The van der Waals surface area contributed by atoms with Crippen LogP contribution in [0.15, 0.2) is 18.2 Å². The highest BCUT2D eigenvalue weighted by atomic mass is 15.1. The Bertz CT molecular complexity index is 569. The third-order valence-electron chi connectivity index (χ3n) is 4.13. The molecule has 0 fully saturated rings. The van der Waals surface area contributed by atoms with Crippen molar-refractivity contribution < 1.29 is 0 Å². The lowest BCUT2D eigenvalue weighted by atomic mass is 9.99. The zero-order chi connectivity index (χ0) is 14.2. The van der Waals surface area contributed by atoms with E-state index in [0.29, 0.717) is 17.9 Å². The van der Waals surface area contributed by atoms with Gasteiger partial charge in [0, 0.05) is 17.6 Å². The minimum Gasteiger partial charge on any atom is -0.399 e. The molecule has 0 aliphatic rings. The van der Waals surface area contributed by atoms with Crippen molar-refractivity contribution in [2.24, 2.45) is 5.92 Å². The number of fused-ring (bicyclic) bond motifs is 1. The van der Waals surface area contributed by atoms with Gasteiger partial charge in [0.25, 0.3) is 0 Å². The summed E-state index contributed by atoms with van der Waals surface area (Å²) in [5.74, 6) is 2.21. The standard InChI is InChI=1S/C16H25N3/c1-6-11(4)12(5)19-15-8-7-13(17)9-14(15)18-16(19)10(2)3/h7-12H,6,17H2,1-5H3. The number of rotatable bonds is 4. The second-order valence-corrected chi connectivity index (χ2v) is 5.87. The Hall–Kier alpha value is -1.51. The molecular weight excluding hydrogens is 234 g/mol. The Morgan fingerprint density at radius 1 is 1.21 bits per heavy atom. The second kappa shape index (κ2) is 5.24. The van der Waals surface area contributed by atoms with Gasteiger partial charge in [-0.3, -0.25) is 0 Å². The van der Waals surface area contributed by atoms with Crippen LogP contribution in [0.5, 0.6) is 0 Å². The summed E-state index contributed by atoms with van der Waals surface area (Å²) in [5.41, 5.74) is 8.87. The van der Waals surface area contributed by atoms with E-state index in [4.69, 9.17) is 10.7 Å². The molecule has 2 N–H and O–H groups in total. The summed E-state index contributed by atoms with van der Waals surface area (Å²) < 4.78 is 2.40. The zero-order valence-corrected chi connectivity index (χ0v) is 12.6. The first-order valence-electron chi connectivity index (χ1n) is 7.23.